The van der Waals surface area contributed by atoms with Crippen LogP contribution in [0.1, 0.15) is 34.1 Å². The number of rotatable bonds is 3. The fourth-order valence-corrected chi connectivity index (χ4v) is 2.88. The zero-order valence-corrected chi connectivity index (χ0v) is 11.6. The Bertz CT molecular complexity index is 295. The Hall–Kier alpha value is -0.710. The van der Waals surface area contributed by atoms with E-state index in [9.17, 15) is 9.59 Å². The van der Waals surface area contributed by atoms with Crippen molar-refractivity contribution in [3.8, 4) is 0 Å². The molecule has 1 fully saturated rings. The maximum absolute atomic E-state index is 11.8. The molecular formula is C12H20O4S. The summed E-state index contributed by atoms with van der Waals surface area (Å²) in [5, 5.41) is -0.215. The van der Waals surface area contributed by atoms with Gasteiger partial charge < -0.3 is 9.47 Å². The molecule has 1 saturated heterocycles. The van der Waals surface area contributed by atoms with E-state index in [0.29, 0.717) is 18.8 Å². The van der Waals surface area contributed by atoms with Crippen LogP contribution in [0.2, 0.25) is 0 Å². The van der Waals surface area contributed by atoms with Gasteiger partial charge in [-0.05, 0) is 34.1 Å². The first-order valence-electron chi connectivity index (χ1n) is 5.84. The maximum atomic E-state index is 11.8. The van der Waals surface area contributed by atoms with E-state index >= 15 is 0 Å². The molecular weight excluding hydrogens is 240 g/mol. The van der Waals surface area contributed by atoms with Crippen molar-refractivity contribution in [1.29, 1.82) is 0 Å². The van der Waals surface area contributed by atoms with E-state index in [-0.39, 0.29) is 23.1 Å². The van der Waals surface area contributed by atoms with Gasteiger partial charge in [-0.2, -0.15) is 0 Å². The van der Waals surface area contributed by atoms with Gasteiger partial charge in [0, 0.05) is 5.75 Å². The number of esters is 2. The van der Waals surface area contributed by atoms with Gasteiger partial charge in [0.2, 0.25) is 0 Å². The smallest absolute Gasteiger partial charge is 0.319 e. The minimum atomic E-state index is -0.468. The normalized spacial score (nSPS) is 24.5. The standard InChI is InChI=1S/C12H20O4S/c1-5-15-11(14)9-6-8(7-17-9)10(13)16-12(2,3)4/h8-9H,5-7H2,1-4H3/t8-,9+/m0/s1. The summed E-state index contributed by atoms with van der Waals surface area (Å²) in [5.41, 5.74) is -0.468. The van der Waals surface area contributed by atoms with E-state index in [0.717, 1.165) is 0 Å². The van der Waals surface area contributed by atoms with Crippen LogP contribution in [0.4, 0.5) is 0 Å². The van der Waals surface area contributed by atoms with Crippen LogP contribution in [-0.4, -0.2) is 35.1 Å². The van der Waals surface area contributed by atoms with Crippen molar-refractivity contribution >= 4 is 23.7 Å². The van der Waals surface area contributed by atoms with Crippen molar-refractivity contribution in [2.24, 2.45) is 5.92 Å². The fourth-order valence-electron chi connectivity index (χ4n) is 1.58. The summed E-state index contributed by atoms with van der Waals surface area (Å²) < 4.78 is 10.2. The van der Waals surface area contributed by atoms with E-state index in [4.69, 9.17) is 9.47 Å². The van der Waals surface area contributed by atoms with Gasteiger partial charge >= 0.3 is 11.9 Å². The molecule has 0 aromatic carbocycles. The first-order chi connectivity index (χ1) is 7.83. The molecule has 0 saturated carbocycles. The largest absolute Gasteiger partial charge is 0.465 e. The van der Waals surface area contributed by atoms with Crippen LogP contribution in [0.15, 0.2) is 0 Å². The quantitative estimate of drug-likeness (QED) is 0.727. The van der Waals surface area contributed by atoms with E-state index < -0.39 is 5.60 Å². The minimum Gasteiger partial charge on any atom is -0.465 e. The Morgan fingerprint density at radius 2 is 1.94 bits per heavy atom. The van der Waals surface area contributed by atoms with Crippen LogP contribution in [0, 0.1) is 5.92 Å². The fraction of sp³-hybridized carbons (Fsp3) is 0.833. The number of carbonyl (C=O) groups excluding carboxylic acids is 2. The van der Waals surface area contributed by atoms with Crippen LogP contribution in [0.25, 0.3) is 0 Å². The Labute approximate surface area is 106 Å². The molecule has 0 aliphatic carbocycles. The molecule has 98 valence electrons. The maximum Gasteiger partial charge on any atom is 0.319 e. The summed E-state index contributed by atoms with van der Waals surface area (Å²) in [6, 6.07) is 0. The molecule has 0 spiro atoms. The molecule has 1 aliphatic heterocycles. The van der Waals surface area contributed by atoms with Crippen molar-refractivity contribution in [2.45, 2.75) is 45.0 Å². The van der Waals surface area contributed by atoms with Gasteiger partial charge in [-0.15, -0.1) is 11.8 Å². The molecule has 17 heavy (non-hydrogen) atoms. The van der Waals surface area contributed by atoms with E-state index in [1.165, 1.54) is 11.8 Å². The molecule has 0 amide bonds. The van der Waals surface area contributed by atoms with Crippen molar-refractivity contribution in [3.63, 3.8) is 0 Å². The SMILES string of the molecule is CCOC(=O)[C@H]1C[C@H](C(=O)OC(C)(C)C)CS1. The second-order valence-electron chi connectivity index (χ2n) is 5.04. The van der Waals surface area contributed by atoms with E-state index in [2.05, 4.69) is 0 Å². The van der Waals surface area contributed by atoms with Gasteiger partial charge in [-0.25, -0.2) is 0 Å². The Balaban J connectivity index is 2.45. The molecule has 4 nitrogen and oxygen atoms in total. The molecule has 0 bridgehead atoms. The molecule has 2 atom stereocenters. The summed E-state index contributed by atoms with van der Waals surface area (Å²) in [6.45, 7) is 7.69. The average Bonchev–Trinajstić information content (AvgIpc) is 2.63. The molecule has 0 unspecified atom stereocenters. The van der Waals surface area contributed by atoms with Crippen LogP contribution >= 0.6 is 11.8 Å². The summed E-state index contributed by atoms with van der Waals surface area (Å²) in [4.78, 5) is 23.3. The van der Waals surface area contributed by atoms with Crippen LogP contribution in [-0.2, 0) is 19.1 Å². The third-order valence-corrected chi connectivity index (χ3v) is 3.67. The van der Waals surface area contributed by atoms with Gasteiger partial charge in [0.1, 0.15) is 10.9 Å². The first kappa shape index (κ1) is 14.4. The summed E-state index contributed by atoms with van der Waals surface area (Å²) in [5.74, 6) is 0.0206. The Morgan fingerprint density at radius 1 is 1.29 bits per heavy atom. The Kier molecular flexibility index (Phi) is 4.86. The van der Waals surface area contributed by atoms with Crippen LogP contribution in [0.3, 0.4) is 0 Å². The van der Waals surface area contributed by atoms with Crippen LogP contribution < -0.4 is 0 Å². The highest BCUT2D eigenvalue weighted by Crippen LogP contribution is 2.33. The lowest BCUT2D eigenvalue weighted by molar-refractivity contribution is -0.159. The van der Waals surface area contributed by atoms with Crippen molar-refractivity contribution in [3.05, 3.63) is 0 Å². The van der Waals surface area contributed by atoms with Gasteiger partial charge in [0.25, 0.3) is 0 Å². The third kappa shape index (κ3) is 4.58. The lowest BCUT2D eigenvalue weighted by Crippen LogP contribution is -2.29. The molecule has 0 aromatic heterocycles. The summed E-state index contributed by atoms with van der Waals surface area (Å²) in [7, 11) is 0. The number of ether oxygens (including phenoxy) is 2. The van der Waals surface area contributed by atoms with Gasteiger partial charge in [-0.3, -0.25) is 9.59 Å². The predicted molar refractivity (Wildman–Crippen MR) is 66.8 cm³/mol. The monoisotopic (exact) mass is 260 g/mol. The number of carbonyl (C=O) groups is 2. The molecule has 1 aliphatic rings. The Morgan fingerprint density at radius 3 is 2.47 bits per heavy atom. The molecule has 5 heteroatoms. The average molecular weight is 260 g/mol. The first-order valence-corrected chi connectivity index (χ1v) is 6.89. The van der Waals surface area contributed by atoms with Gasteiger partial charge in [-0.1, -0.05) is 0 Å². The zero-order chi connectivity index (χ0) is 13.1. The number of hydrogen-bond donors (Lipinski definition) is 0. The van der Waals surface area contributed by atoms with Crippen molar-refractivity contribution < 1.29 is 19.1 Å². The molecule has 0 N–H and O–H groups in total. The van der Waals surface area contributed by atoms with Crippen molar-refractivity contribution in [2.75, 3.05) is 12.4 Å². The molecule has 1 rings (SSSR count). The lowest BCUT2D eigenvalue weighted by Gasteiger charge is -2.21. The topological polar surface area (TPSA) is 52.6 Å². The summed E-state index contributed by atoms with van der Waals surface area (Å²) in [6.07, 6.45) is 0.526. The second-order valence-corrected chi connectivity index (χ2v) is 6.28. The minimum absolute atomic E-state index is 0.186. The van der Waals surface area contributed by atoms with E-state index in [1.807, 2.05) is 20.8 Å². The second kappa shape index (κ2) is 5.76. The van der Waals surface area contributed by atoms with Crippen molar-refractivity contribution in [1.82, 2.24) is 0 Å². The molecule has 0 aromatic rings. The highest BCUT2D eigenvalue weighted by atomic mass is 32.2. The zero-order valence-electron chi connectivity index (χ0n) is 10.8. The highest BCUT2D eigenvalue weighted by Gasteiger charge is 2.37. The lowest BCUT2D eigenvalue weighted by atomic mass is 10.1. The van der Waals surface area contributed by atoms with E-state index in [1.54, 1.807) is 6.92 Å². The number of hydrogen-bond acceptors (Lipinski definition) is 5. The van der Waals surface area contributed by atoms with Gasteiger partial charge in [0.15, 0.2) is 0 Å². The highest BCUT2D eigenvalue weighted by molar-refractivity contribution is 8.00. The summed E-state index contributed by atoms with van der Waals surface area (Å²) >= 11 is 1.48. The molecule has 0 radical (unpaired) electrons. The number of thioether (sulfide) groups is 1. The third-order valence-electron chi connectivity index (χ3n) is 2.29. The predicted octanol–water partition coefficient (Wildman–Crippen LogP) is 2.01. The molecule has 1 heterocycles. The van der Waals surface area contributed by atoms with Crippen LogP contribution in [0.5, 0.6) is 0 Å². The van der Waals surface area contributed by atoms with Gasteiger partial charge in [0.05, 0.1) is 12.5 Å².